The van der Waals surface area contributed by atoms with Crippen LogP contribution in [0.15, 0.2) is 65.7 Å². The molecule has 8 heteroatoms. The quantitative estimate of drug-likeness (QED) is 0.320. The van der Waals surface area contributed by atoms with E-state index >= 15 is 0 Å². The predicted octanol–water partition coefficient (Wildman–Crippen LogP) is 5.55. The number of benzene rings is 2. The van der Waals surface area contributed by atoms with Crippen LogP contribution < -0.4 is 4.72 Å². The zero-order chi connectivity index (χ0) is 24.9. The van der Waals surface area contributed by atoms with Crippen molar-refractivity contribution in [3.63, 3.8) is 0 Å². The average molecular weight is 510 g/mol. The number of hydrogen-bond donors (Lipinski definition) is 2. The molecule has 4 rings (SSSR count). The Balaban J connectivity index is 1.43. The molecule has 0 bridgehead atoms. The van der Waals surface area contributed by atoms with Gasteiger partial charge >= 0.3 is 0 Å². The summed E-state index contributed by atoms with van der Waals surface area (Å²) in [6.07, 6.45) is -0.389. The lowest BCUT2D eigenvalue weighted by Crippen LogP contribution is -2.32. The number of β-amino-alcohol motifs (C(OH)–C–C–N with tert-alkyl or cyclic N) is 1. The number of aliphatic hydroxyl groups excluding tert-OH is 1. The highest BCUT2D eigenvalue weighted by molar-refractivity contribution is 8.00. The van der Waals surface area contributed by atoms with Gasteiger partial charge in [-0.05, 0) is 61.5 Å². The van der Waals surface area contributed by atoms with Gasteiger partial charge in [0, 0.05) is 54.9 Å². The van der Waals surface area contributed by atoms with E-state index in [1.54, 1.807) is 6.07 Å². The standard InChI is InChI=1S/C27H32ClN5OS/c1-18(2)33-12-11-32(16-22(34)17-33)15-21-9-6-10-23(13-21)35-31-27-29-24(14-25(28)30-27)26-19(3)7-5-8-20(26)4/h5-10,13-14,22,34H,1,11-12,15-17H2,2-4H3,(H,29,30,31). The number of allylic oxidation sites excluding steroid dienone is 1. The van der Waals surface area contributed by atoms with Crippen LogP contribution in [0.1, 0.15) is 23.6 Å². The van der Waals surface area contributed by atoms with Gasteiger partial charge in [0.25, 0.3) is 0 Å². The van der Waals surface area contributed by atoms with Crippen molar-refractivity contribution >= 4 is 29.5 Å². The molecular formula is C27H32ClN5OS. The van der Waals surface area contributed by atoms with Gasteiger partial charge in [0.2, 0.25) is 5.95 Å². The summed E-state index contributed by atoms with van der Waals surface area (Å²) in [6, 6.07) is 16.4. The third-order valence-corrected chi connectivity index (χ3v) is 7.09. The molecule has 2 aromatic carbocycles. The van der Waals surface area contributed by atoms with E-state index < -0.39 is 0 Å². The summed E-state index contributed by atoms with van der Waals surface area (Å²) in [7, 11) is 0. The molecule has 1 aliphatic heterocycles. The third-order valence-electron chi connectivity index (χ3n) is 6.12. The minimum Gasteiger partial charge on any atom is -0.390 e. The van der Waals surface area contributed by atoms with Crippen molar-refractivity contribution in [2.24, 2.45) is 0 Å². The summed E-state index contributed by atoms with van der Waals surface area (Å²) in [5, 5.41) is 10.8. The Bertz CT molecular complexity index is 1180. The molecule has 0 radical (unpaired) electrons. The zero-order valence-electron chi connectivity index (χ0n) is 20.5. The van der Waals surface area contributed by atoms with Gasteiger partial charge < -0.3 is 10.0 Å². The normalized spacial score (nSPS) is 16.7. The maximum absolute atomic E-state index is 10.4. The minimum atomic E-state index is -0.389. The fourth-order valence-corrected chi connectivity index (χ4v) is 5.27. The van der Waals surface area contributed by atoms with Crippen molar-refractivity contribution in [2.75, 3.05) is 30.9 Å². The molecule has 0 saturated carbocycles. The van der Waals surface area contributed by atoms with Crippen molar-refractivity contribution in [1.29, 1.82) is 0 Å². The highest BCUT2D eigenvalue weighted by atomic mass is 35.5. The Morgan fingerprint density at radius 3 is 2.60 bits per heavy atom. The van der Waals surface area contributed by atoms with Gasteiger partial charge in [0.1, 0.15) is 5.15 Å². The van der Waals surface area contributed by atoms with E-state index in [1.807, 2.05) is 13.0 Å². The summed E-state index contributed by atoms with van der Waals surface area (Å²) in [5.74, 6) is 0.473. The van der Waals surface area contributed by atoms with Gasteiger partial charge in [-0.3, -0.25) is 9.62 Å². The summed E-state index contributed by atoms with van der Waals surface area (Å²) >= 11 is 7.80. The Labute approximate surface area is 217 Å². The van der Waals surface area contributed by atoms with Crippen molar-refractivity contribution in [3.8, 4) is 11.3 Å². The molecule has 1 saturated heterocycles. The van der Waals surface area contributed by atoms with E-state index in [4.69, 9.17) is 16.6 Å². The molecule has 1 fully saturated rings. The SMILES string of the molecule is C=C(C)N1CCN(Cc2cccc(SNc3nc(Cl)cc(-c4c(C)cccc4C)n3)c2)CC(O)C1. The molecule has 6 nitrogen and oxygen atoms in total. The molecule has 3 aromatic rings. The molecule has 0 amide bonds. The molecule has 1 aromatic heterocycles. The zero-order valence-corrected chi connectivity index (χ0v) is 22.0. The van der Waals surface area contributed by atoms with E-state index in [2.05, 4.69) is 76.3 Å². The smallest absolute Gasteiger partial charge is 0.235 e. The van der Waals surface area contributed by atoms with E-state index in [9.17, 15) is 5.11 Å². The van der Waals surface area contributed by atoms with Gasteiger partial charge in [-0.25, -0.2) is 9.97 Å². The fraction of sp³-hybridized carbons (Fsp3) is 0.333. The number of aliphatic hydroxyl groups is 1. The molecule has 2 heterocycles. The highest BCUT2D eigenvalue weighted by Crippen LogP contribution is 2.29. The summed E-state index contributed by atoms with van der Waals surface area (Å²) in [6.45, 7) is 14.0. The highest BCUT2D eigenvalue weighted by Gasteiger charge is 2.21. The molecule has 184 valence electrons. The molecule has 1 atom stereocenters. The van der Waals surface area contributed by atoms with Crippen LogP contribution in [-0.2, 0) is 6.54 Å². The Morgan fingerprint density at radius 1 is 1.11 bits per heavy atom. The molecule has 2 N–H and O–H groups in total. The number of anilines is 1. The maximum Gasteiger partial charge on any atom is 0.235 e. The van der Waals surface area contributed by atoms with Crippen molar-refractivity contribution in [2.45, 2.75) is 38.3 Å². The van der Waals surface area contributed by atoms with Crippen LogP contribution in [0.25, 0.3) is 11.3 Å². The first-order valence-electron chi connectivity index (χ1n) is 11.7. The number of aromatic nitrogens is 2. The van der Waals surface area contributed by atoms with Gasteiger partial charge in [-0.2, -0.15) is 0 Å². The lowest BCUT2D eigenvalue weighted by Gasteiger charge is -2.23. The Hall–Kier alpha value is -2.58. The van der Waals surface area contributed by atoms with Crippen LogP contribution in [0.4, 0.5) is 5.95 Å². The second-order valence-electron chi connectivity index (χ2n) is 9.09. The lowest BCUT2D eigenvalue weighted by molar-refractivity contribution is 0.114. The number of nitrogens with one attached hydrogen (secondary N) is 1. The number of hydrogen-bond acceptors (Lipinski definition) is 7. The molecule has 0 spiro atoms. The minimum absolute atomic E-state index is 0.389. The Morgan fingerprint density at radius 2 is 1.86 bits per heavy atom. The van der Waals surface area contributed by atoms with E-state index in [1.165, 1.54) is 17.5 Å². The number of halogens is 1. The molecule has 1 aliphatic rings. The first-order chi connectivity index (χ1) is 16.8. The summed E-state index contributed by atoms with van der Waals surface area (Å²) < 4.78 is 3.26. The van der Waals surface area contributed by atoms with Crippen molar-refractivity contribution in [1.82, 2.24) is 19.8 Å². The Kier molecular flexibility index (Phi) is 8.34. The molecule has 0 aliphatic carbocycles. The largest absolute Gasteiger partial charge is 0.390 e. The van der Waals surface area contributed by atoms with Crippen LogP contribution >= 0.6 is 23.5 Å². The van der Waals surface area contributed by atoms with Crippen LogP contribution in [0.5, 0.6) is 0 Å². The second-order valence-corrected chi connectivity index (χ2v) is 10.4. The number of nitrogens with zero attached hydrogens (tertiary/aromatic N) is 4. The lowest BCUT2D eigenvalue weighted by atomic mass is 10.00. The second kappa shape index (κ2) is 11.4. The van der Waals surface area contributed by atoms with Crippen LogP contribution in [-0.4, -0.2) is 57.2 Å². The fourth-order valence-electron chi connectivity index (χ4n) is 4.43. The van der Waals surface area contributed by atoms with Crippen LogP contribution in [0.2, 0.25) is 5.15 Å². The van der Waals surface area contributed by atoms with Crippen LogP contribution in [0.3, 0.4) is 0 Å². The predicted molar refractivity (Wildman–Crippen MR) is 146 cm³/mol. The first-order valence-corrected chi connectivity index (χ1v) is 12.9. The van der Waals surface area contributed by atoms with E-state index in [0.717, 1.165) is 52.6 Å². The molecule has 35 heavy (non-hydrogen) atoms. The van der Waals surface area contributed by atoms with Gasteiger partial charge in [-0.1, -0.05) is 48.5 Å². The topological polar surface area (TPSA) is 64.5 Å². The van der Waals surface area contributed by atoms with Gasteiger partial charge in [-0.15, -0.1) is 0 Å². The molecular weight excluding hydrogens is 478 g/mol. The third kappa shape index (κ3) is 6.76. The van der Waals surface area contributed by atoms with E-state index in [-0.39, 0.29) is 6.10 Å². The number of rotatable bonds is 7. The maximum atomic E-state index is 10.4. The average Bonchev–Trinajstić information content (AvgIpc) is 2.98. The monoisotopic (exact) mass is 509 g/mol. The summed E-state index contributed by atoms with van der Waals surface area (Å²) in [5.41, 5.74) is 6.38. The summed E-state index contributed by atoms with van der Waals surface area (Å²) in [4.78, 5) is 14.6. The van der Waals surface area contributed by atoms with Gasteiger partial charge in [0.15, 0.2) is 0 Å². The van der Waals surface area contributed by atoms with E-state index in [0.29, 0.717) is 24.2 Å². The molecule has 1 unspecified atom stereocenters. The first kappa shape index (κ1) is 25.5. The van der Waals surface area contributed by atoms with Crippen molar-refractivity contribution < 1.29 is 5.11 Å². The number of aryl methyl sites for hydroxylation is 2. The van der Waals surface area contributed by atoms with Crippen LogP contribution in [0, 0.1) is 13.8 Å². The van der Waals surface area contributed by atoms with Crippen molar-refractivity contribution in [3.05, 3.63) is 82.7 Å². The van der Waals surface area contributed by atoms with Gasteiger partial charge in [0.05, 0.1) is 11.8 Å².